The molecule has 2 heterocycles. The molecule has 122 valence electrons. The van der Waals surface area contributed by atoms with Crippen molar-refractivity contribution in [3.05, 3.63) is 46.2 Å². The van der Waals surface area contributed by atoms with Crippen LogP contribution in [0.5, 0.6) is 0 Å². The zero-order chi connectivity index (χ0) is 16.1. The molecule has 1 N–H and O–H groups in total. The molecule has 0 saturated carbocycles. The van der Waals surface area contributed by atoms with Gasteiger partial charge < -0.3 is 15.0 Å². The van der Waals surface area contributed by atoms with Crippen LogP contribution < -0.4 is 10.2 Å². The van der Waals surface area contributed by atoms with Crippen molar-refractivity contribution in [2.24, 2.45) is 0 Å². The van der Waals surface area contributed by atoms with Crippen molar-refractivity contribution in [3.8, 4) is 0 Å². The number of hydrogen-bond donors (Lipinski definition) is 1. The van der Waals surface area contributed by atoms with Gasteiger partial charge in [-0.1, -0.05) is 29.3 Å². The predicted octanol–water partition coefficient (Wildman–Crippen LogP) is 3.27. The molecule has 1 aliphatic heterocycles. The SMILES string of the molecule is Clc1cccc(Cl)c1CCNc1cc(N2CCOCC2)ncn1. The Morgan fingerprint density at radius 2 is 1.87 bits per heavy atom. The van der Waals surface area contributed by atoms with Crippen molar-refractivity contribution in [3.63, 3.8) is 0 Å². The normalized spacial score (nSPS) is 14.8. The zero-order valence-electron chi connectivity index (χ0n) is 12.6. The van der Waals surface area contributed by atoms with E-state index in [0.717, 1.165) is 49.9 Å². The summed E-state index contributed by atoms with van der Waals surface area (Å²) in [6.45, 7) is 3.87. The van der Waals surface area contributed by atoms with Gasteiger partial charge in [-0.2, -0.15) is 0 Å². The molecule has 0 amide bonds. The summed E-state index contributed by atoms with van der Waals surface area (Å²) in [5, 5.41) is 4.68. The average Bonchev–Trinajstić information content (AvgIpc) is 2.59. The Kier molecular flexibility index (Phi) is 5.54. The predicted molar refractivity (Wildman–Crippen MR) is 93.7 cm³/mol. The van der Waals surface area contributed by atoms with Crippen molar-refractivity contribution < 1.29 is 4.74 Å². The van der Waals surface area contributed by atoms with Crippen LogP contribution in [0.3, 0.4) is 0 Å². The van der Waals surface area contributed by atoms with Gasteiger partial charge in [0.25, 0.3) is 0 Å². The maximum Gasteiger partial charge on any atom is 0.134 e. The fourth-order valence-electron chi connectivity index (χ4n) is 2.50. The smallest absolute Gasteiger partial charge is 0.134 e. The van der Waals surface area contributed by atoms with E-state index >= 15 is 0 Å². The van der Waals surface area contributed by atoms with Gasteiger partial charge in [0.15, 0.2) is 0 Å². The summed E-state index contributed by atoms with van der Waals surface area (Å²) in [4.78, 5) is 10.8. The third-order valence-corrected chi connectivity index (χ3v) is 4.44. The Hall–Kier alpha value is -1.56. The van der Waals surface area contributed by atoms with Crippen molar-refractivity contribution >= 4 is 34.8 Å². The summed E-state index contributed by atoms with van der Waals surface area (Å²) < 4.78 is 5.36. The number of benzene rings is 1. The molecule has 1 aromatic heterocycles. The van der Waals surface area contributed by atoms with Crippen molar-refractivity contribution in [2.45, 2.75) is 6.42 Å². The van der Waals surface area contributed by atoms with Gasteiger partial charge in [-0.05, 0) is 24.1 Å². The third-order valence-electron chi connectivity index (χ3n) is 3.73. The molecule has 0 unspecified atom stereocenters. The molecule has 1 aliphatic rings. The number of hydrogen-bond acceptors (Lipinski definition) is 5. The van der Waals surface area contributed by atoms with Gasteiger partial charge >= 0.3 is 0 Å². The minimum Gasteiger partial charge on any atom is -0.378 e. The Balaban J connectivity index is 1.60. The molecule has 1 saturated heterocycles. The van der Waals surface area contributed by atoms with Crippen LogP contribution in [0.2, 0.25) is 10.0 Å². The lowest BCUT2D eigenvalue weighted by Crippen LogP contribution is -2.36. The molecule has 7 heteroatoms. The summed E-state index contributed by atoms with van der Waals surface area (Å²) in [5.41, 5.74) is 0.950. The van der Waals surface area contributed by atoms with E-state index in [9.17, 15) is 0 Å². The fourth-order valence-corrected chi connectivity index (χ4v) is 3.08. The van der Waals surface area contributed by atoms with Gasteiger partial charge in [0, 0.05) is 35.7 Å². The van der Waals surface area contributed by atoms with E-state index in [2.05, 4.69) is 20.2 Å². The lowest BCUT2D eigenvalue weighted by atomic mass is 10.1. The highest BCUT2D eigenvalue weighted by Crippen LogP contribution is 2.24. The molecular formula is C16H18Cl2N4O. The van der Waals surface area contributed by atoms with E-state index in [4.69, 9.17) is 27.9 Å². The third kappa shape index (κ3) is 4.25. The van der Waals surface area contributed by atoms with Gasteiger partial charge in [-0.25, -0.2) is 9.97 Å². The van der Waals surface area contributed by atoms with E-state index < -0.39 is 0 Å². The van der Waals surface area contributed by atoms with Gasteiger partial charge in [0.05, 0.1) is 13.2 Å². The number of nitrogens with zero attached hydrogens (tertiary/aromatic N) is 3. The van der Waals surface area contributed by atoms with Crippen LogP contribution in [-0.2, 0) is 11.2 Å². The molecule has 0 aliphatic carbocycles. The van der Waals surface area contributed by atoms with Crippen molar-refractivity contribution in [1.82, 2.24) is 9.97 Å². The first-order chi connectivity index (χ1) is 11.2. The quantitative estimate of drug-likeness (QED) is 0.894. The number of ether oxygens (including phenoxy) is 1. The van der Waals surface area contributed by atoms with E-state index in [1.807, 2.05) is 24.3 Å². The number of aromatic nitrogens is 2. The second-order valence-corrected chi connectivity index (χ2v) is 6.05. The van der Waals surface area contributed by atoms with E-state index in [1.165, 1.54) is 0 Å². The highest BCUT2D eigenvalue weighted by molar-refractivity contribution is 6.35. The van der Waals surface area contributed by atoms with E-state index in [-0.39, 0.29) is 0 Å². The van der Waals surface area contributed by atoms with Crippen LogP contribution in [0, 0.1) is 0 Å². The first-order valence-electron chi connectivity index (χ1n) is 7.55. The van der Waals surface area contributed by atoms with Gasteiger partial charge in [0.1, 0.15) is 18.0 Å². The molecule has 0 radical (unpaired) electrons. The Bertz CT molecular complexity index is 642. The van der Waals surface area contributed by atoms with Crippen molar-refractivity contribution in [2.75, 3.05) is 43.1 Å². The monoisotopic (exact) mass is 352 g/mol. The minimum atomic E-state index is 0.691. The van der Waals surface area contributed by atoms with Crippen LogP contribution in [0.15, 0.2) is 30.6 Å². The van der Waals surface area contributed by atoms with E-state index in [1.54, 1.807) is 6.33 Å². The lowest BCUT2D eigenvalue weighted by molar-refractivity contribution is 0.122. The molecule has 2 aromatic rings. The topological polar surface area (TPSA) is 50.3 Å². The van der Waals surface area contributed by atoms with Crippen LogP contribution in [0.1, 0.15) is 5.56 Å². The standard InChI is InChI=1S/C16H18Cl2N4O/c17-13-2-1-3-14(18)12(13)4-5-19-15-10-16(21-11-20-15)22-6-8-23-9-7-22/h1-3,10-11H,4-9H2,(H,19,20,21). The summed E-state index contributed by atoms with van der Waals surface area (Å²) in [7, 11) is 0. The molecule has 0 bridgehead atoms. The van der Waals surface area contributed by atoms with Crippen LogP contribution >= 0.6 is 23.2 Å². The first kappa shape index (κ1) is 16.3. The van der Waals surface area contributed by atoms with Crippen LogP contribution in [0.4, 0.5) is 11.6 Å². The zero-order valence-corrected chi connectivity index (χ0v) is 14.1. The molecule has 23 heavy (non-hydrogen) atoms. The second-order valence-electron chi connectivity index (χ2n) is 5.24. The average molecular weight is 353 g/mol. The van der Waals surface area contributed by atoms with Crippen LogP contribution in [-0.4, -0.2) is 42.8 Å². The van der Waals surface area contributed by atoms with Gasteiger partial charge in [-0.3, -0.25) is 0 Å². The first-order valence-corrected chi connectivity index (χ1v) is 8.31. The summed E-state index contributed by atoms with van der Waals surface area (Å²) in [5.74, 6) is 1.71. The maximum atomic E-state index is 6.18. The Morgan fingerprint density at radius 3 is 2.61 bits per heavy atom. The Morgan fingerprint density at radius 1 is 1.13 bits per heavy atom. The number of anilines is 2. The highest BCUT2D eigenvalue weighted by Gasteiger charge is 2.13. The highest BCUT2D eigenvalue weighted by atomic mass is 35.5. The largest absolute Gasteiger partial charge is 0.378 e. The lowest BCUT2D eigenvalue weighted by Gasteiger charge is -2.27. The summed E-state index contributed by atoms with van der Waals surface area (Å²) in [6.07, 6.45) is 2.31. The van der Waals surface area contributed by atoms with Gasteiger partial charge in [0.2, 0.25) is 0 Å². The second kappa shape index (κ2) is 7.81. The van der Waals surface area contributed by atoms with E-state index in [0.29, 0.717) is 16.6 Å². The van der Waals surface area contributed by atoms with Gasteiger partial charge in [-0.15, -0.1) is 0 Å². The summed E-state index contributed by atoms with van der Waals surface area (Å²) in [6, 6.07) is 7.51. The number of nitrogens with one attached hydrogen (secondary N) is 1. The molecule has 1 aromatic carbocycles. The fraction of sp³-hybridized carbons (Fsp3) is 0.375. The van der Waals surface area contributed by atoms with Crippen LogP contribution in [0.25, 0.3) is 0 Å². The molecule has 1 fully saturated rings. The maximum absolute atomic E-state index is 6.18. The number of halogens is 2. The molecular weight excluding hydrogens is 335 g/mol. The minimum absolute atomic E-state index is 0.691. The Labute approximate surface area is 145 Å². The molecule has 0 spiro atoms. The number of rotatable bonds is 5. The van der Waals surface area contributed by atoms with Crippen molar-refractivity contribution in [1.29, 1.82) is 0 Å². The molecule has 3 rings (SSSR count). The molecule has 5 nitrogen and oxygen atoms in total. The summed E-state index contributed by atoms with van der Waals surface area (Å²) >= 11 is 12.4. The molecule has 0 atom stereocenters. The number of morpholine rings is 1.